The number of ether oxygens (including phenoxy) is 3. The summed E-state index contributed by atoms with van der Waals surface area (Å²) >= 11 is 6.27. The Morgan fingerprint density at radius 1 is 1.25 bits per heavy atom. The number of amides is 1. The van der Waals surface area contributed by atoms with Gasteiger partial charge < -0.3 is 14.2 Å². The first-order valence-corrected chi connectivity index (χ1v) is 7.43. The molecule has 1 amide bonds. The number of carbonyl (C=O) groups excluding carboxylic acids is 1. The van der Waals surface area contributed by atoms with E-state index in [0.717, 1.165) is 5.56 Å². The molecule has 0 unspecified atom stereocenters. The van der Waals surface area contributed by atoms with Gasteiger partial charge in [-0.25, -0.2) is 10.2 Å². The van der Waals surface area contributed by atoms with Gasteiger partial charge in [-0.2, -0.15) is 5.10 Å². The molecule has 0 aliphatic rings. The van der Waals surface area contributed by atoms with E-state index in [2.05, 4.69) is 15.3 Å². The number of rotatable bonds is 6. The molecular formula is C17H17ClN2O4. The van der Waals surface area contributed by atoms with Gasteiger partial charge in [-0.1, -0.05) is 41.9 Å². The quantitative estimate of drug-likeness (QED) is 0.639. The lowest BCUT2D eigenvalue weighted by atomic mass is 10.2. The van der Waals surface area contributed by atoms with E-state index < -0.39 is 6.09 Å². The van der Waals surface area contributed by atoms with Crippen molar-refractivity contribution in [2.24, 2.45) is 5.10 Å². The zero-order chi connectivity index (χ0) is 17.4. The highest BCUT2D eigenvalue weighted by Gasteiger charge is 2.12. The molecule has 0 aliphatic heterocycles. The Morgan fingerprint density at radius 3 is 2.67 bits per heavy atom. The van der Waals surface area contributed by atoms with Crippen molar-refractivity contribution < 1.29 is 19.0 Å². The standard InChI is InChI=1S/C17H17ClN2O4/c1-22-15-9-13(10-19-20-17(21)23-2)8-14(18)16(15)24-11-12-6-4-3-5-7-12/h3-10H,11H2,1-2H3,(H,20,21)/b19-10-. The Morgan fingerprint density at radius 2 is 2.00 bits per heavy atom. The summed E-state index contributed by atoms with van der Waals surface area (Å²) in [6, 6.07) is 13.1. The maximum atomic E-state index is 10.9. The second-order valence-corrected chi connectivity index (χ2v) is 5.08. The van der Waals surface area contributed by atoms with Gasteiger partial charge in [-0.3, -0.25) is 0 Å². The Labute approximate surface area is 145 Å². The van der Waals surface area contributed by atoms with Crippen LogP contribution >= 0.6 is 11.6 Å². The minimum atomic E-state index is -0.660. The van der Waals surface area contributed by atoms with Crippen molar-refractivity contribution in [3.8, 4) is 11.5 Å². The molecule has 6 nitrogen and oxygen atoms in total. The maximum Gasteiger partial charge on any atom is 0.427 e. The highest BCUT2D eigenvalue weighted by Crippen LogP contribution is 2.36. The van der Waals surface area contributed by atoms with Gasteiger partial charge in [-0.05, 0) is 23.3 Å². The Balaban J connectivity index is 2.13. The molecule has 0 atom stereocenters. The first-order chi connectivity index (χ1) is 11.6. The van der Waals surface area contributed by atoms with Gasteiger partial charge in [0.1, 0.15) is 6.61 Å². The molecule has 2 aromatic carbocycles. The summed E-state index contributed by atoms with van der Waals surface area (Å²) < 4.78 is 15.5. The summed E-state index contributed by atoms with van der Waals surface area (Å²) in [4.78, 5) is 10.9. The predicted molar refractivity (Wildman–Crippen MR) is 91.9 cm³/mol. The van der Waals surface area contributed by atoms with E-state index in [4.69, 9.17) is 21.1 Å². The maximum absolute atomic E-state index is 10.9. The van der Waals surface area contributed by atoms with Crippen LogP contribution in [0.4, 0.5) is 4.79 Å². The molecule has 0 saturated heterocycles. The fraction of sp³-hybridized carbons (Fsp3) is 0.176. The van der Waals surface area contributed by atoms with E-state index in [9.17, 15) is 4.79 Å². The lowest BCUT2D eigenvalue weighted by Gasteiger charge is -2.13. The van der Waals surface area contributed by atoms with Crippen LogP contribution in [0.3, 0.4) is 0 Å². The number of hydrogen-bond donors (Lipinski definition) is 1. The van der Waals surface area contributed by atoms with Crippen LogP contribution in [0.25, 0.3) is 0 Å². The molecule has 0 saturated carbocycles. The van der Waals surface area contributed by atoms with Crippen molar-refractivity contribution in [1.29, 1.82) is 0 Å². The second kappa shape index (κ2) is 8.79. The van der Waals surface area contributed by atoms with E-state index in [-0.39, 0.29) is 0 Å². The SMILES string of the molecule is COC(=O)N/N=C\c1cc(Cl)c(OCc2ccccc2)c(OC)c1. The van der Waals surface area contributed by atoms with Crippen molar-refractivity contribution >= 4 is 23.9 Å². The van der Waals surface area contributed by atoms with E-state index in [1.165, 1.54) is 20.4 Å². The summed E-state index contributed by atoms with van der Waals surface area (Å²) in [6.45, 7) is 0.369. The van der Waals surface area contributed by atoms with Gasteiger partial charge in [-0.15, -0.1) is 0 Å². The minimum Gasteiger partial charge on any atom is -0.493 e. The zero-order valence-corrected chi connectivity index (χ0v) is 14.0. The third-order valence-electron chi connectivity index (χ3n) is 3.03. The van der Waals surface area contributed by atoms with Gasteiger partial charge in [0, 0.05) is 0 Å². The van der Waals surface area contributed by atoms with Crippen LogP contribution in [0.5, 0.6) is 11.5 Å². The van der Waals surface area contributed by atoms with Crippen molar-refractivity contribution in [1.82, 2.24) is 5.43 Å². The van der Waals surface area contributed by atoms with Crippen LogP contribution in [-0.4, -0.2) is 26.5 Å². The third-order valence-corrected chi connectivity index (χ3v) is 3.31. The zero-order valence-electron chi connectivity index (χ0n) is 13.3. The summed E-state index contributed by atoms with van der Waals surface area (Å²) in [5.41, 5.74) is 3.85. The third kappa shape index (κ3) is 4.89. The van der Waals surface area contributed by atoms with Gasteiger partial charge in [0.15, 0.2) is 11.5 Å². The number of carbonyl (C=O) groups is 1. The van der Waals surface area contributed by atoms with Gasteiger partial charge in [0.05, 0.1) is 25.5 Å². The number of methoxy groups -OCH3 is 2. The highest BCUT2D eigenvalue weighted by molar-refractivity contribution is 6.32. The number of benzene rings is 2. The molecule has 0 heterocycles. The molecule has 0 spiro atoms. The Hall–Kier alpha value is -2.73. The molecule has 126 valence electrons. The smallest absolute Gasteiger partial charge is 0.427 e. The van der Waals surface area contributed by atoms with Gasteiger partial charge >= 0.3 is 6.09 Å². The van der Waals surface area contributed by atoms with Crippen molar-refractivity contribution in [3.63, 3.8) is 0 Å². The second-order valence-electron chi connectivity index (χ2n) is 4.67. The number of hydrazone groups is 1. The average Bonchev–Trinajstić information content (AvgIpc) is 2.61. The molecule has 1 N–H and O–H groups in total. The minimum absolute atomic E-state index is 0.369. The molecule has 7 heteroatoms. The molecule has 0 fully saturated rings. The number of hydrogen-bond acceptors (Lipinski definition) is 5. The summed E-state index contributed by atoms with van der Waals surface area (Å²) in [7, 11) is 2.78. The van der Waals surface area contributed by atoms with E-state index in [1.807, 2.05) is 30.3 Å². The summed E-state index contributed by atoms with van der Waals surface area (Å²) in [5, 5.41) is 4.13. The number of halogens is 1. The molecule has 0 radical (unpaired) electrons. The van der Waals surface area contributed by atoms with E-state index in [1.54, 1.807) is 12.1 Å². The van der Waals surface area contributed by atoms with Gasteiger partial charge in [0.2, 0.25) is 0 Å². The van der Waals surface area contributed by atoms with Crippen molar-refractivity contribution in [2.75, 3.05) is 14.2 Å². The summed E-state index contributed by atoms with van der Waals surface area (Å²) in [5.74, 6) is 0.916. The number of nitrogens with one attached hydrogen (secondary N) is 1. The molecule has 0 aromatic heterocycles. The molecule has 2 rings (SSSR count). The van der Waals surface area contributed by atoms with Crippen LogP contribution in [0.1, 0.15) is 11.1 Å². The largest absolute Gasteiger partial charge is 0.493 e. The summed E-state index contributed by atoms with van der Waals surface area (Å²) in [6.07, 6.45) is 0.763. The Bertz CT molecular complexity index is 720. The molecule has 0 bridgehead atoms. The van der Waals surface area contributed by atoms with E-state index >= 15 is 0 Å². The first-order valence-electron chi connectivity index (χ1n) is 7.05. The predicted octanol–water partition coefficient (Wildman–Crippen LogP) is 3.62. The van der Waals surface area contributed by atoms with E-state index in [0.29, 0.717) is 28.7 Å². The first kappa shape index (κ1) is 17.6. The molecular weight excluding hydrogens is 332 g/mol. The van der Waals surface area contributed by atoms with Crippen LogP contribution in [-0.2, 0) is 11.3 Å². The fourth-order valence-corrected chi connectivity index (χ4v) is 2.16. The molecule has 0 aliphatic carbocycles. The van der Waals surface area contributed by atoms with Crippen LogP contribution in [0, 0.1) is 0 Å². The normalized spacial score (nSPS) is 10.5. The Kier molecular flexibility index (Phi) is 6.45. The van der Waals surface area contributed by atoms with Crippen molar-refractivity contribution in [3.05, 3.63) is 58.6 Å². The molecule has 2 aromatic rings. The fourth-order valence-electron chi connectivity index (χ4n) is 1.89. The van der Waals surface area contributed by atoms with Crippen LogP contribution < -0.4 is 14.9 Å². The number of nitrogens with zero attached hydrogens (tertiary/aromatic N) is 1. The van der Waals surface area contributed by atoms with Crippen LogP contribution in [0.15, 0.2) is 47.6 Å². The molecule has 24 heavy (non-hydrogen) atoms. The van der Waals surface area contributed by atoms with Gasteiger partial charge in [0.25, 0.3) is 0 Å². The highest BCUT2D eigenvalue weighted by atomic mass is 35.5. The topological polar surface area (TPSA) is 69.2 Å². The lowest BCUT2D eigenvalue weighted by molar-refractivity contribution is 0.171. The lowest BCUT2D eigenvalue weighted by Crippen LogP contribution is -2.16. The van der Waals surface area contributed by atoms with Crippen LogP contribution in [0.2, 0.25) is 5.02 Å². The van der Waals surface area contributed by atoms with Crippen molar-refractivity contribution in [2.45, 2.75) is 6.61 Å². The monoisotopic (exact) mass is 348 g/mol. The average molecular weight is 349 g/mol.